The third-order valence-electron chi connectivity index (χ3n) is 1.76. The molecule has 15 heavy (non-hydrogen) atoms. The van der Waals surface area contributed by atoms with E-state index in [2.05, 4.69) is 17.6 Å². The third-order valence-corrected chi connectivity index (χ3v) is 1.76. The van der Waals surface area contributed by atoms with Crippen LogP contribution < -0.4 is 10.6 Å². The second-order valence-corrected chi connectivity index (χ2v) is 3.06. The topological polar surface area (TPSA) is 59.6 Å². The van der Waals surface area contributed by atoms with Crippen LogP contribution in [0.4, 0.5) is 4.79 Å². The Balaban J connectivity index is 2.95. The van der Waals surface area contributed by atoms with Crippen LogP contribution in [0.15, 0.2) is 0 Å². The predicted octanol–water partition coefficient (Wildman–Crippen LogP) is 0.749. The number of amides is 1. The first-order chi connectivity index (χ1) is 7.31. The first-order valence-corrected chi connectivity index (χ1v) is 5.44. The maximum Gasteiger partial charge on any atom is 0.406 e. The van der Waals surface area contributed by atoms with Crippen LogP contribution >= 0.6 is 0 Å². The summed E-state index contributed by atoms with van der Waals surface area (Å²) in [7, 11) is 1.54. The number of hydrogen-bond acceptors (Lipinski definition) is 4. The van der Waals surface area contributed by atoms with Crippen molar-refractivity contribution in [3.8, 4) is 0 Å². The molecule has 0 unspecified atom stereocenters. The van der Waals surface area contributed by atoms with Crippen molar-refractivity contribution in [1.29, 1.82) is 0 Å². The highest BCUT2D eigenvalue weighted by Gasteiger charge is 1.96. The molecule has 2 N–H and O–H groups in total. The second-order valence-electron chi connectivity index (χ2n) is 3.06. The lowest BCUT2D eigenvalue weighted by Gasteiger charge is -2.05. The van der Waals surface area contributed by atoms with Gasteiger partial charge in [0.15, 0.2) is 0 Å². The lowest BCUT2D eigenvalue weighted by Crippen LogP contribution is -2.20. The van der Waals surface area contributed by atoms with Crippen molar-refractivity contribution in [2.45, 2.75) is 19.8 Å². The van der Waals surface area contributed by atoms with Gasteiger partial charge in [-0.1, -0.05) is 6.92 Å². The average Bonchev–Trinajstić information content (AvgIpc) is 2.26. The van der Waals surface area contributed by atoms with Crippen molar-refractivity contribution in [3.05, 3.63) is 0 Å². The molecule has 5 heteroatoms. The Hall–Kier alpha value is -0.810. The van der Waals surface area contributed by atoms with Gasteiger partial charge in [-0.25, -0.2) is 4.79 Å². The molecule has 0 aromatic carbocycles. The molecular formula is C10H22N2O3. The summed E-state index contributed by atoms with van der Waals surface area (Å²) in [5.41, 5.74) is 0. The molecule has 0 heterocycles. The Kier molecular flexibility index (Phi) is 10.7. The fraction of sp³-hybridized carbons (Fsp3) is 0.900. The Morgan fingerprint density at radius 2 is 1.93 bits per heavy atom. The zero-order valence-electron chi connectivity index (χ0n) is 9.67. The molecule has 0 saturated carbocycles. The molecule has 0 aliphatic heterocycles. The fourth-order valence-electron chi connectivity index (χ4n) is 0.976. The molecule has 0 aromatic heterocycles. The molecule has 0 bridgehead atoms. The molecule has 0 radical (unpaired) electrons. The van der Waals surface area contributed by atoms with Gasteiger partial charge in [0, 0.05) is 26.7 Å². The van der Waals surface area contributed by atoms with Gasteiger partial charge in [0.25, 0.3) is 0 Å². The molecule has 1 amide bonds. The van der Waals surface area contributed by atoms with Gasteiger partial charge >= 0.3 is 6.09 Å². The van der Waals surface area contributed by atoms with Crippen LogP contribution in [-0.2, 0) is 9.47 Å². The van der Waals surface area contributed by atoms with E-state index in [1.54, 1.807) is 7.05 Å². The Morgan fingerprint density at radius 3 is 2.60 bits per heavy atom. The van der Waals surface area contributed by atoms with E-state index >= 15 is 0 Å². The number of ether oxygens (including phenoxy) is 2. The highest BCUT2D eigenvalue weighted by Crippen LogP contribution is 1.87. The number of alkyl carbamates (subject to hydrolysis) is 1. The number of rotatable bonds is 9. The van der Waals surface area contributed by atoms with Crippen LogP contribution in [0.5, 0.6) is 0 Å². The van der Waals surface area contributed by atoms with Gasteiger partial charge in [-0.3, -0.25) is 0 Å². The van der Waals surface area contributed by atoms with Gasteiger partial charge in [0.05, 0.1) is 6.61 Å². The van der Waals surface area contributed by atoms with Crippen molar-refractivity contribution in [2.24, 2.45) is 0 Å². The van der Waals surface area contributed by atoms with Gasteiger partial charge < -0.3 is 20.1 Å². The first kappa shape index (κ1) is 14.2. The van der Waals surface area contributed by atoms with E-state index in [9.17, 15) is 4.79 Å². The largest absolute Gasteiger partial charge is 0.449 e. The molecule has 0 atom stereocenters. The Bertz CT molecular complexity index is 154. The van der Waals surface area contributed by atoms with Crippen LogP contribution in [-0.4, -0.2) is 46.1 Å². The quantitative estimate of drug-likeness (QED) is 0.561. The van der Waals surface area contributed by atoms with E-state index in [1.165, 1.54) is 0 Å². The van der Waals surface area contributed by atoms with Crippen molar-refractivity contribution in [1.82, 2.24) is 10.6 Å². The molecule has 0 fully saturated rings. The molecule has 0 aliphatic rings. The van der Waals surface area contributed by atoms with Gasteiger partial charge in [-0.05, 0) is 19.5 Å². The van der Waals surface area contributed by atoms with Crippen LogP contribution in [0.3, 0.4) is 0 Å². The standard InChI is InChI=1S/C10H22N2O3/c1-3-12-6-4-7-14-8-5-9-15-10(13)11-2/h12H,3-9H2,1-2H3,(H,11,13). The van der Waals surface area contributed by atoms with Crippen LogP contribution in [0.25, 0.3) is 0 Å². The van der Waals surface area contributed by atoms with Gasteiger partial charge in [0.1, 0.15) is 0 Å². The fourth-order valence-corrected chi connectivity index (χ4v) is 0.976. The molecule has 0 aliphatic carbocycles. The van der Waals surface area contributed by atoms with Crippen molar-refractivity contribution in [3.63, 3.8) is 0 Å². The third kappa shape index (κ3) is 11.1. The van der Waals surface area contributed by atoms with Crippen LogP contribution in [0, 0.1) is 0 Å². The van der Waals surface area contributed by atoms with Crippen LogP contribution in [0.1, 0.15) is 19.8 Å². The minimum absolute atomic E-state index is 0.387. The van der Waals surface area contributed by atoms with Crippen molar-refractivity contribution in [2.75, 3.05) is 40.0 Å². The summed E-state index contributed by atoms with van der Waals surface area (Å²) >= 11 is 0. The SMILES string of the molecule is CCNCCCOCCCOC(=O)NC. The van der Waals surface area contributed by atoms with Gasteiger partial charge in [-0.15, -0.1) is 0 Å². The van der Waals surface area contributed by atoms with E-state index < -0.39 is 0 Å². The smallest absolute Gasteiger partial charge is 0.406 e. The molecule has 0 saturated heterocycles. The maximum absolute atomic E-state index is 10.6. The van der Waals surface area contributed by atoms with E-state index in [0.29, 0.717) is 13.2 Å². The Labute approximate surface area is 91.5 Å². The minimum Gasteiger partial charge on any atom is -0.449 e. The lowest BCUT2D eigenvalue weighted by atomic mass is 10.4. The zero-order valence-corrected chi connectivity index (χ0v) is 9.67. The van der Waals surface area contributed by atoms with E-state index in [1.807, 2.05) is 0 Å². The molecule has 0 spiro atoms. The summed E-state index contributed by atoms with van der Waals surface area (Å²) in [5, 5.41) is 5.60. The predicted molar refractivity (Wildman–Crippen MR) is 59.0 cm³/mol. The molecular weight excluding hydrogens is 196 g/mol. The van der Waals surface area contributed by atoms with Gasteiger partial charge in [0.2, 0.25) is 0 Å². The summed E-state index contributed by atoms with van der Waals surface area (Å²) in [6, 6.07) is 0. The van der Waals surface area contributed by atoms with Gasteiger partial charge in [-0.2, -0.15) is 0 Å². The number of nitrogens with one attached hydrogen (secondary N) is 2. The molecule has 5 nitrogen and oxygen atoms in total. The average molecular weight is 218 g/mol. The number of carbonyl (C=O) groups excluding carboxylic acids is 1. The lowest BCUT2D eigenvalue weighted by molar-refractivity contribution is 0.100. The minimum atomic E-state index is -0.387. The summed E-state index contributed by atoms with van der Waals surface area (Å²) in [6.45, 7) is 5.88. The summed E-state index contributed by atoms with van der Waals surface area (Å²) in [4.78, 5) is 10.6. The summed E-state index contributed by atoms with van der Waals surface area (Å²) in [6.07, 6.45) is 1.38. The van der Waals surface area contributed by atoms with E-state index in [4.69, 9.17) is 9.47 Å². The summed E-state index contributed by atoms with van der Waals surface area (Å²) in [5.74, 6) is 0. The molecule has 0 aromatic rings. The van der Waals surface area contributed by atoms with Crippen molar-refractivity contribution < 1.29 is 14.3 Å². The summed E-state index contributed by atoms with van der Waals surface area (Å²) < 4.78 is 10.1. The molecule has 0 rings (SSSR count). The van der Waals surface area contributed by atoms with E-state index in [0.717, 1.165) is 32.5 Å². The number of hydrogen-bond donors (Lipinski definition) is 2. The van der Waals surface area contributed by atoms with E-state index in [-0.39, 0.29) is 6.09 Å². The normalized spacial score (nSPS) is 10.0. The molecule has 90 valence electrons. The maximum atomic E-state index is 10.6. The number of carbonyl (C=O) groups is 1. The van der Waals surface area contributed by atoms with Crippen LogP contribution in [0.2, 0.25) is 0 Å². The monoisotopic (exact) mass is 218 g/mol. The highest BCUT2D eigenvalue weighted by molar-refractivity contribution is 5.66. The zero-order chi connectivity index (χ0) is 11.4. The second kappa shape index (κ2) is 11.3. The van der Waals surface area contributed by atoms with Crippen molar-refractivity contribution >= 4 is 6.09 Å². The highest BCUT2D eigenvalue weighted by atomic mass is 16.5. The first-order valence-electron chi connectivity index (χ1n) is 5.44. The Morgan fingerprint density at radius 1 is 1.20 bits per heavy atom.